The lowest BCUT2D eigenvalue weighted by molar-refractivity contribution is 0.147. The fourth-order valence-corrected chi connectivity index (χ4v) is 2.40. The SMILES string of the molecule is C/C(=C\COCc1ccccc1C)CCC(Br)C(C)(C)Br. The highest BCUT2D eigenvalue weighted by Crippen LogP contribution is 2.31. The summed E-state index contributed by atoms with van der Waals surface area (Å²) in [5.74, 6) is 0. The number of alkyl halides is 2. The maximum absolute atomic E-state index is 5.75. The number of allylic oxidation sites excluding steroid dienone is 1. The zero-order valence-corrected chi connectivity index (χ0v) is 16.6. The summed E-state index contributed by atoms with van der Waals surface area (Å²) in [4.78, 5) is 0.473. The molecule has 0 aliphatic carbocycles. The molecule has 118 valence electrons. The first-order valence-electron chi connectivity index (χ1n) is 7.41. The summed E-state index contributed by atoms with van der Waals surface area (Å²) in [6.45, 7) is 10.1. The van der Waals surface area contributed by atoms with Gasteiger partial charge in [-0.15, -0.1) is 0 Å². The molecular formula is C18H26Br2O. The Balaban J connectivity index is 2.29. The van der Waals surface area contributed by atoms with Crippen LogP contribution < -0.4 is 0 Å². The van der Waals surface area contributed by atoms with Gasteiger partial charge in [0.2, 0.25) is 0 Å². The quantitative estimate of drug-likeness (QED) is 0.279. The standard InChI is InChI=1S/C18H26Br2O/c1-14(9-10-17(19)18(3,4)20)11-12-21-13-16-8-6-5-7-15(16)2/h5-8,11,17H,9-10,12-13H2,1-4H3/b14-11+. The molecule has 0 saturated heterocycles. The second-order valence-corrected chi connectivity index (χ2v) is 9.21. The molecule has 1 aromatic rings. The molecule has 0 aliphatic heterocycles. The predicted octanol–water partition coefficient (Wildman–Crippen LogP) is 6.18. The summed E-state index contributed by atoms with van der Waals surface area (Å²) in [5, 5.41) is 0. The molecule has 1 aromatic carbocycles. The lowest BCUT2D eigenvalue weighted by Crippen LogP contribution is -2.23. The Morgan fingerprint density at radius 2 is 2.00 bits per heavy atom. The summed E-state index contributed by atoms with van der Waals surface area (Å²) in [6.07, 6.45) is 4.41. The van der Waals surface area contributed by atoms with Crippen LogP contribution in [0.3, 0.4) is 0 Å². The molecule has 0 radical (unpaired) electrons. The van der Waals surface area contributed by atoms with Gasteiger partial charge in [0.05, 0.1) is 13.2 Å². The zero-order chi connectivity index (χ0) is 15.9. The molecule has 0 aliphatic rings. The first-order chi connectivity index (χ1) is 9.80. The number of hydrogen-bond acceptors (Lipinski definition) is 1. The molecule has 0 amide bonds. The Labute approximate surface area is 146 Å². The van der Waals surface area contributed by atoms with Gasteiger partial charge < -0.3 is 4.74 Å². The van der Waals surface area contributed by atoms with Gasteiger partial charge >= 0.3 is 0 Å². The second-order valence-electron chi connectivity index (χ2n) is 6.06. The molecule has 0 N–H and O–H groups in total. The van der Waals surface area contributed by atoms with Crippen molar-refractivity contribution in [1.82, 2.24) is 0 Å². The summed E-state index contributed by atoms with van der Waals surface area (Å²) < 4.78 is 5.88. The number of halogens is 2. The van der Waals surface area contributed by atoms with E-state index in [-0.39, 0.29) is 4.32 Å². The number of benzene rings is 1. The third-order valence-electron chi connectivity index (χ3n) is 3.61. The third-order valence-corrected chi connectivity index (χ3v) is 6.37. The predicted molar refractivity (Wildman–Crippen MR) is 99.5 cm³/mol. The van der Waals surface area contributed by atoms with Gasteiger partial charge in [0.1, 0.15) is 0 Å². The van der Waals surface area contributed by atoms with Crippen LogP contribution in [-0.4, -0.2) is 15.8 Å². The van der Waals surface area contributed by atoms with Gasteiger partial charge in [0.15, 0.2) is 0 Å². The van der Waals surface area contributed by atoms with Crippen molar-refractivity contribution in [3.8, 4) is 0 Å². The largest absolute Gasteiger partial charge is 0.373 e. The van der Waals surface area contributed by atoms with Crippen LogP contribution in [0.1, 0.15) is 44.7 Å². The second kappa shape index (κ2) is 9.12. The Hall–Kier alpha value is -0.120. The van der Waals surface area contributed by atoms with Gasteiger partial charge in [0, 0.05) is 9.15 Å². The van der Waals surface area contributed by atoms with Gasteiger partial charge in [0.25, 0.3) is 0 Å². The van der Waals surface area contributed by atoms with Crippen molar-refractivity contribution in [2.75, 3.05) is 6.61 Å². The third kappa shape index (κ3) is 7.62. The van der Waals surface area contributed by atoms with Crippen molar-refractivity contribution < 1.29 is 4.74 Å². The summed E-state index contributed by atoms with van der Waals surface area (Å²) in [6, 6.07) is 8.37. The van der Waals surface area contributed by atoms with Crippen LogP contribution in [0.4, 0.5) is 0 Å². The van der Waals surface area contributed by atoms with E-state index in [2.05, 4.69) is 89.9 Å². The molecule has 1 atom stereocenters. The number of ether oxygens (including phenoxy) is 1. The van der Waals surface area contributed by atoms with Gasteiger partial charge in [-0.1, -0.05) is 67.8 Å². The molecule has 1 rings (SSSR count). The Kier molecular flexibility index (Phi) is 8.22. The molecule has 0 saturated carbocycles. The monoisotopic (exact) mass is 416 g/mol. The van der Waals surface area contributed by atoms with Crippen molar-refractivity contribution >= 4 is 31.9 Å². The summed E-state index contributed by atoms with van der Waals surface area (Å²) in [5.41, 5.74) is 3.95. The van der Waals surface area contributed by atoms with E-state index in [9.17, 15) is 0 Å². The fourth-order valence-electron chi connectivity index (χ4n) is 1.94. The molecule has 0 spiro atoms. The van der Waals surface area contributed by atoms with Gasteiger partial charge in [-0.05, 0) is 51.7 Å². The highest BCUT2D eigenvalue weighted by Gasteiger charge is 2.23. The number of hydrogen-bond donors (Lipinski definition) is 0. The molecule has 0 heterocycles. The Morgan fingerprint density at radius 1 is 1.33 bits per heavy atom. The van der Waals surface area contributed by atoms with Crippen molar-refractivity contribution in [2.24, 2.45) is 0 Å². The van der Waals surface area contributed by atoms with Gasteiger partial charge in [-0.2, -0.15) is 0 Å². The van der Waals surface area contributed by atoms with E-state index in [0.29, 0.717) is 18.0 Å². The van der Waals surface area contributed by atoms with Crippen molar-refractivity contribution in [3.05, 3.63) is 47.0 Å². The van der Waals surface area contributed by atoms with Crippen LogP contribution in [0.15, 0.2) is 35.9 Å². The van der Waals surface area contributed by atoms with E-state index in [1.807, 2.05) is 0 Å². The van der Waals surface area contributed by atoms with E-state index in [1.54, 1.807) is 0 Å². The maximum Gasteiger partial charge on any atom is 0.0723 e. The van der Waals surface area contributed by atoms with Crippen LogP contribution >= 0.6 is 31.9 Å². The minimum absolute atomic E-state index is 0.134. The fraction of sp³-hybridized carbons (Fsp3) is 0.556. The Bertz CT molecular complexity index is 461. The van der Waals surface area contributed by atoms with Crippen LogP contribution in [0, 0.1) is 6.92 Å². The lowest BCUT2D eigenvalue weighted by atomic mass is 10.0. The summed E-state index contributed by atoms with van der Waals surface area (Å²) in [7, 11) is 0. The van der Waals surface area contributed by atoms with E-state index < -0.39 is 0 Å². The minimum Gasteiger partial charge on any atom is -0.373 e. The van der Waals surface area contributed by atoms with Crippen LogP contribution in [0.25, 0.3) is 0 Å². The molecule has 0 aromatic heterocycles. The van der Waals surface area contributed by atoms with Crippen LogP contribution in [0.5, 0.6) is 0 Å². The normalized spacial score (nSPS) is 14.3. The highest BCUT2D eigenvalue weighted by molar-refractivity contribution is 9.12. The van der Waals surface area contributed by atoms with Crippen molar-refractivity contribution in [3.63, 3.8) is 0 Å². The van der Waals surface area contributed by atoms with E-state index >= 15 is 0 Å². The van der Waals surface area contributed by atoms with Gasteiger partial charge in [-0.25, -0.2) is 0 Å². The average molecular weight is 418 g/mol. The molecule has 3 heteroatoms. The molecular weight excluding hydrogens is 392 g/mol. The molecule has 0 fully saturated rings. The smallest absolute Gasteiger partial charge is 0.0723 e. The molecule has 21 heavy (non-hydrogen) atoms. The van der Waals surface area contributed by atoms with Crippen molar-refractivity contribution in [1.29, 1.82) is 0 Å². The molecule has 0 bridgehead atoms. The average Bonchev–Trinajstić information content (AvgIpc) is 2.41. The van der Waals surface area contributed by atoms with E-state index in [1.165, 1.54) is 16.7 Å². The molecule has 1 nitrogen and oxygen atoms in total. The van der Waals surface area contributed by atoms with Gasteiger partial charge in [-0.3, -0.25) is 0 Å². The minimum atomic E-state index is 0.134. The maximum atomic E-state index is 5.75. The van der Waals surface area contributed by atoms with E-state index in [0.717, 1.165) is 12.8 Å². The zero-order valence-electron chi connectivity index (χ0n) is 13.5. The number of rotatable bonds is 8. The highest BCUT2D eigenvalue weighted by atomic mass is 79.9. The van der Waals surface area contributed by atoms with Crippen LogP contribution in [0.2, 0.25) is 0 Å². The van der Waals surface area contributed by atoms with Crippen LogP contribution in [-0.2, 0) is 11.3 Å². The topological polar surface area (TPSA) is 9.23 Å². The number of aryl methyl sites for hydroxylation is 1. The van der Waals surface area contributed by atoms with Crippen molar-refractivity contribution in [2.45, 2.75) is 56.3 Å². The first kappa shape index (κ1) is 18.9. The first-order valence-corrected chi connectivity index (χ1v) is 9.12. The lowest BCUT2D eigenvalue weighted by Gasteiger charge is -2.23. The summed E-state index contributed by atoms with van der Waals surface area (Å²) >= 11 is 7.44. The molecule has 1 unspecified atom stereocenters. The van der Waals surface area contributed by atoms with E-state index in [4.69, 9.17) is 4.74 Å². The Morgan fingerprint density at radius 3 is 2.62 bits per heavy atom.